The summed E-state index contributed by atoms with van der Waals surface area (Å²) >= 11 is 0. The molecule has 8 atom stereocenters. The first kappa shape index (κ1) is 14.5. The monoisotopic (exact) mass is 292 g/mol. The summed E-state index contributed by atoms with van der Waals surface area (Å²) in [5, 5.41) is 20.7. The molecule has 2 nitrogen and oxygen atoms in total. The molecular formula is C19H32O2. The molecule has 0 aromatic carbocycles. The molecule has 4 aliphatic carbocycles. The molecule has 8 unspecified atom stereocenters. The van der Waals surface area contributed by atoms with Crippen molar-refractivity contribution in [3.05, 3.63) is 0 Å². The van der Waals surface area contributed by atoms with Gasteiger partial charge in [-0.2, -0.15) is 0 Å². The molecule has 4 rings (SSSR count). The van der Waals surface area contributed by atoms with Crippen LogP contribution in [0.1, 0.15) is 71.6 Å². The van der Waals surface area contributed by atoms with Crippen LogP contribution in [0.4, 0.5) is 0 Å². The number of fused-ring (bicyclic) bond motifs is 5. The highest BCUT2D eigenvalue weighted by Gasteiger charge is 2.61. The van der Waals surface area contributed by atoms with Gasteiger partial charge in [-0.3, -0.25) is 0 Å². The molecule has 0 aromatic heterocycles. The highest BCUT2D eigenvalue weighted by atomic mass is 16.3. The number of rotatable bonds is 0. The summed E-state index contributed by atoms with van der Waals surface area (Å²) < 4.78 is 0. The summed E-state index contributed by atoms with van der Waals surface area (Å²) in [4.78, 5) is 0. The van der Waals surface area contributed by atoms with E-state index in [0.717, 1.165) is 30.6 Å². The largest absolute Gasteiger partial charge is 0.390 e. The summed E-state index contributed by atoms with van der Waals surface area (Å²) in [7, 11) is 0. The fourth-order valence-corrected chi connectivity index (χ4v) is 7.28. The van der Waals surface area contributed by atoms with Gasteiger partial charge in [-0.25, -0.2) is 0 Å². The normalized spacial score (nSPS) is 60.0. The van der Waals surface area contributed by atoms with Crippen LogP contribution in [0.3, 0.4) is 0 Å². The Bertz CT molecular complexity index is 422. The predicted molar refractivity (Wildman–Crippen MR) is 83.7 cm³/mol. The van der Waals surface area contributed by atoms with Crippen LogP contribution in [0.2, 0.25) is 0 Å². The third kappa shape index (κ3) is 1.84. The van der Waals surface area contributed by atoms with Crippen LogP contribution < -0.4 is 0 Å². The molecule has 21 heavy (non-hydrogen) atoms. The number of aliphatic hydroxyl groups excluding tert-OH is 2. The molecule has 0 aromatic rings. The van der Waals surface area contributed by atoms with Gasteiger partial charge in [0.05, 0.1) is 12.2 Å². The molecule has 2 heteroatoms. The zero-order valence-corrected chi connectivity index (χ0v) is 13.7. The number of hydrogen-bond donors (Lipinski definition) is 2. The van der Waals surface area contributed by atoms with E-state index in [-0.39, 0.29) is 5.41 Å². The van der Waals surface area contributed by atoms with Crippen LogP contribution >= 0.6 is 0 Å². The van der Waals surface area contributed by atoms with Crippen molar-refractivity contribution >= 4 is 0 Å². The lowest BCUT2D eigenvalue weighted by Gasteiger charge is -2.60. The van der Waals surface area contributed by atoms with Gasteiger partial charge in [0.2, 0.25) is 0 Å². The average molecular weight is 292 g/mol. The molecule has 2 N–H and O–H groups in total. The van der Waals surface area contributed by atoms with Gasteiger partial charge >= 0.3 is 0 Å². The predicted octanol–water partition coefficient (Wildman–Crippen LogP) is 3.75. The Kier molecular flexibility index (Phi) is 3.25. The molecule has 0 saturated heterocycles. The minimum absolute atomic E-state index is 0.0154. The lowest BCUT2D eigenvalue weighted by molar-refractivity contribution is -0.123. The van der Waals surface area contributed by atoms with Crippen molar-refractivity contribution in [2.24, 2.45) is 34.5 Å². The Hall–Kier alpha value is -0.0800. The van der Waals surface area contributed by atoms with E-state index >= 15 is 0 Å². The first-order chi connectivity index (χ1) is 9.97. The lowest BCUT2D eigenvalue weighted by atomic mass is 9.45. The lowest BCUT2D eigenvalue weighted by Crippen LogP contribution is -2.53. The Morgan fingerprint density at radius 1 is 0.810 bits per heavy atom. The Morgan fingerprint density at radius 3 is 2.43 bits per heavy atom. The molecule has 0 spiro atoms. The summed E-state index contributed by atoms with van der Waals surface area (Å²) in [6, 6.07) is 0. The van der Waals surface area contributed by atoms with Gasteiger partial charge in [-0.05, 0) is 79.4 Å². The van der Waals surface area contributed by atoms with Crippen molar-refractivity contribution in [2.45, 2.75) is 83.8 Å². The molecule has 4 fully saturated rings. The Balaban J connectivity index is 1.65. The fourth-order valence-electron chi connectivity index (χ4n) is 7.28. The molecular weight excluding hydrogens is 260 g/mol. The van der Waals surface area contributed by atoms with Gasteiger partial charge in [0.1, 0.15) is 0 Å². The average Bonchev–Trinajstić information content (AvgIpc) is 2.70. The third-order valence-electron chi connectivity index (χ3n) is 8.56. The highest BCUT2D eigenvalue weighted by molar-refractivity contribution is 5.10. The van der Waals surface area contributed by atoms with E-state index in [1.807, 2.05) is 0 Å². The van der Waals surface area contributed by atoms with Crippen molar-refractivity contribution in [3.63, 3.8) is 0 Å². The third-order valence-corrected chi connectivity index (χ3v) is 8.56. The maximum Gasteiger partial charge on any atom is 0.0855 e. The van der Waals surface area contributed by atoms with E-state index in [2.05, 4.69) is 13.8 Å². The molecule has 0 amide bonds. The topological polar surface area (TPSA) is 40.5 Å². The highest BCUT2D eigenvalue weighted by Crippen LogP contribution is 2.66. The molecule has 4 aliphatic rings. The molecule has 0 aliphatic heterocycles. The van der Waals surface area contributed by atoms with Gasteiger partial charge in [0, 0.05) is 0 Å². The van der Waals surface area contributed by atoms with Crippen molar-refractivity contribution in [2.75, 3.05) is 0 Å². The first-order valence-electron chi connectivity index (χ1n) is 9.33. The molecule has 4 saturated carbocycles. The van der Waals surface area contributed by atoms with Crippen LogP contribution in [-0.4, -0.2) is 22.4 Å². The van der Waals surface area contributed by atoms with Crippen LogP contribution in [0.5, 0.6) is 0 Å². The number of hydrogen-bond acceptors (Lipinski definition) is 2. The Morgan fingerprint density at radius 2 is 1.62 bits per heavy atom. The van der Waals surface area contributed by atoms with Crippen molar-refractivity contribution in [1.29, 1.82) is 0 Å². The second-order valence-corrected chi connectivity index (χ2v) is 9.20. The van der Waals surface area contributed by atoms with E-state index in [4.69, 9.17) is 0 Å². The minimum Gasteiger partial charge on any atom is -0.390 e. The van der Waals surface area contributed by atoms with Crippen molar-refractivity contribution in [3.8, 4) is 0 Å². The van der Waals surface area contributed by atoms with Crippen LogP contribution in [0, 0.1) is 34.5 Å². The zero-order valence-electron chi connectivity index (χ0n) is 13.7. The van der Waals surface area contributed by atoms with Crippen LogP contribution in [0.15, 0.2) is 0 Å². The molecule has 120 valence electrons. The minimum atomic E-state index is -0.486. The van der Waals surface area contributed by atoms with E-state index in [1.165, 1.54) is 44.9 Å². The molecule has 0 bridgehead atoms. The zero-order chi connectivity index (χ0) is 14.8. The summed E-state index contributed by atoms with van der Waals surface area (Å²) in [6.07, 6.45) is 10.8. The first-order valence-corrected chi connectivity index (χ1v) is 9.33. The second-order valence-electron chi connectivity index (χ2n) is 9.20. The van der Waals surface area contributed by atoms with E-state index in [1.54, 1.807) is 0 Å². The van der Waals surface area contributed by atoms with Gasteiger partial charge < -0.3 is 10.2 Å². The van der Waals surface area contributed by atoms with Crippen molar-refractivity contribution in [1.82, 2.24) is 0 Å². The Labute approximate surface area is 129 Å². The van der Waals surface area contributed by atoms with Crippen LogP contribution in [0.25, 0.3) is 0 Å². The fraction of sp³-hybridized carbons (Fsp3) is 1.00. The summed E-state index contributed by atoms with van der Waals surface area (Å²) in [6.45, 7) is 4.84. The van der Waals surface area contributed by atoms with Crippen LogP contribution in [-0.2, 0) is 0 Å². The van der Waals surface area contributed by atoms with E-state index in [0.29, 0.717) is 11.3 Å². The van der Waals surface area contributed by atoms with Crippen molar-refractivity contribution < 1.29 is 10.2 Å². The number of aliphatic hydroxyl groups is 2. The molecule has 0 radical (unpaired) electrons. The smallest absolute Gasteiger partial charge is 0.0855 e. The quantitative estimate of drug-likeness (QED) is 0.714. The van der Waals surface area contributed by atoms with Gasteiger partial charge in [-0.15, -0.1) is 0 Å². The maximum atomic E-state index is 10.5. The molecule has 0 heterocycles. The maximum absolute atomic E-state index is 10.5. The summed E-state index contributed by atoms with van der Waals surface area (Å²) in [5.41, 5.74) is 0.541. The SMILES string of the molecule is CC12CCCCC1CCC1C2CCC2(C)C(O)C(O)CC12. The summed E-state index contributed by atoms with van der Waals surface area (Å²) in [5.74, 6) is 3.12. The van der Waals surface area contributed by atoms with Gasteiger partial charge in [0.15, 0.2) is 0 Å². The van der Waals surface area contributed by atoms with E-state index < -0.39 is 12.2 Å². The van der Waals surface area contributed by atoms with Gasteiger partial charge in [-0.1, -0.05) is 26.7 Å². The standard InChI is InChI=1S/C19H32O2/c1-18-9-4-3-5-12(18)6-7-13-14(18)8-10-19(2)15(13)11-16(20)17(19)21/h12-17,20-21H,3-11H2,1-2H3. The van der Waals surface area contributed by atoms with E-state index in [9.17, 15) is 10.2 Å². The second kappa shape index (κ2) is 4.71. The van der Waals surface area contributed by atoms with Gasteiger partial charge in [0.25, 0.3) is 0 Å².